The summed E-state index contributed by atoms with van der Waals surface area (Å²) >= 11 is 0. The second-order valence-corrected chi connectivity index (χ2v) is 3.56. The number of rotatable bonds is 6. The Morgan fingerprint density at radius 1 is 1.53 bits per heavy atom. The van der Waals surface area contributed by atoms with Crippen LogP contribution in [-0.4, -0.2) is 39.3 Å². The summed E-state index contributed by atoms with van der Waals surface area (Å²) in [5, 5.41) is 19.9. The number of aliphatic hydroxyl groups excluding tert-OH is 1. The van der Waals surface area contributed by atoms with Crippen molar-refractivity contribution in [3.8, 4) is 0 Å². The lowest BCUT2D eigenvalue weighted by Gasteiger charge is -2.14. The molecule has 0 unspecified atom stereocenters. The molecule has 1 heterocycles. The first-order chi connectivity index (χ1) is 8.10. The number of hydrogen-bond acceptors (Lipinski definition) is 3. The van der Waals surface area contributed by atoms with E-state index in [9.17, 15) is 9.59 Å². The molecule has 3 N–H and O–H groups in total. The van der Waals surface area contributed by atoms with Gasteiger partial charge in [-0.3, -0.25) is 4.79 Å². The summed E-state index contributed by atoms with van der Waals surface area (Å²) in [5.74, 6) is -1.60. The van der Waals surface area contributed by atoms with Gasteiger partial charge in [-0.15, -0.1) is 0 Å². The molecule has 1 atom stereocenters. The molecule has 0 aliphatic heterocycles. The minimum atomic E-state index is -1.15. The number of nitrogens with one attached hydrogen (secondary N) is 1. The molecule has 0 bridgehead atoms. The Hall–Kier alpha value is -1.82. The zero-order valence-corrected chi connectivity index (χ0v) is 9.59. The predicted octanol–water partition coefficient (Wildman–Crippen LogP) is 0.0734. The molecule has 1 aromatic heterocycles. The lowest BCUT2D eigenvalue weighted by atomic mass is 10.2. The van der Waals surface area contributed by atoms with E-state index in [4.69, 9.17) is 10.2 Å². The maximum absolute atomic E-state index is 11.8. The minimum Gasteiger partial charge on any atom is -0.480 e. The molecule has 0 radical (unpaired) electrons. The molecule has 0 saturated carbocycles. The second-order valence-electron chi connectivity index (χ2n) is 3.56. The maximum atomic E-state index is 11.8. The highest BCUT2D eigenvalue weighted by Crippen LogP contribution is 2.03. The fourth-order valence-corrected chi connectivity index (χ4v) is 1.51. The molecule has 17 heavy (non-hydrogen) atoms. The van der Waals surface area contributed by atoms with Crippen LogP contribution >= 0.6 is 0 Å². The van der Waals surface area contributed by atoms with E-state index in [1.54, 1.807) is 22.9 Å². The fraction of sp³-hybridized carbons (Fsp3) is 0.455. The van der Waals surface area contributed by atoms with E-state index >= 15 is 0 Å². The third-order valence-electron chi connectivity index (χ3n) is 2.42. The molecule has 0 spiro atoms. The van der Waals surface area contributed by atoms with Crippen LogP contribution in [0.25, 0.3) is 0 Å². The number of carbonyl (C=O) groups excluding carboxylic acids is 1. The molecule has 94 valence electrons. The Morgan fingerprint density at radius 3 is 2.76 bits per heavy atom. The first kappa shape index (κ1) is 13.2. The number of carboxylic acids is 1. The number of amides is 1. The Morgan fingerprint density at radius 2 is 2.24 bits per heavy atom. The number of aliphatic hydroxyl groups is 1. The van der Waals surface area contributed by atoms with Gasteiger partial charge in [-0.25, -0.2) is 4.79 Å². The lowest BCUT2D eigenvalue weighted by Crippen LogP contribution is -2.42. The van der Waals surface area contributed by atoms with Crippen molar-refractivity contribution in [2.24, 2.45) is 0 Å². The number of carbonyl (C=O) groups is 2. The van der Waals surface area contributed by atoms with Crippen LogP contribution in [0.15, 0.2) is 18.3 Å². The molecule has 0 aliphatic carbocycles. The van der Waals surface area contributed by atoms with E-state index < -0.39 is 17.9 Å². The quantitative estimate of drug-likeness (QED) is 0.656. The first-order valence-corrected chi connectivity index (χ1v) is 5.39. The van der Waals surface area contributed by atoms with E-state index in [0.29, 0.717) is 12.2 Å². The molecule has 0 fully saturated rings. The van der Waals surface area contributed by atoms with Crippen molar-refractivity contribution in [2.45, 2.75) is 25.9 Å². The van der Waals surface area contributed by atoms with Crippen molar-refractivity contribution in [1.29, 1.82) is 0 Å². The Balaban J connectivity index is 2.73. The highest BCUT2D eigenvalue weighted by atomic mass is 16.4. The van der Waals surface area contributed by atoms with Gasteiger partial charge in [0.05, 0.1) is 0 Å². The fourth-order valence-electron chi connectivity index (χ4n) is 1.51. The molecule has 1 aromatic rings. The molecule has 1 amide bonds. The summed E-state index contributed by atoms with van der Waals surface area (Å²) in [5.41, 5.74) is 0.414. The van der Waals surface area contributed by atoms with E-state index in [1.807, 2.05) is 6.92 Å². The lowest BCUT2D eigenvalue weighted by molar-refractivity contribution is -0.139. The van der Waals surface area contributed by atoms with Crippen LogP contribution in [0, 0.1) is 0 Å². The zero-order valence-electron chi connectivity index (χ0n) is 9.59. The summed E-state index contributed by atoms with van der Waals surface area (Å²) in [4.78, 5) is 22.6. The molecule has 6 nitrogen and oxygen atoms in total. The number of hydrogen-bond donors (Lipinski definition) is 3. The summed E-state index contributed by atoms with van der Waals surface area (Å²) in [7, 11) is 0. The van der Waals surface area contributed by atoms with Gasteiger partial charge in [0.15, 0.2) is 0 Å². The van der Waals surface area contributed by atoms with Crippen LogP contribution in [0.4, 0.5) is 0 Å². The number of carboxylic acid groups (broad SMARTS) is 1. The Kier molecular flexibility index (Phi) is 4.71. The SMILES string of the molecule is CCn1cccc1C(=O)N[C@@H](CCO)C(=O)O. The molecule has 0 aliphatic rings. The van der Waals surface area contributed by atoms with Crippen molar-refractivity contribution in [1.82, 2.24) is 9.88 Å². The monoisotopic (exact) mass is 240 g/mol. The maximum Gasteiger partial charge on any atom is 0.326 e. The smallest absolute Gasteiger partial charge is 0.326 e. The standard InChI is InChI=1S/C11H16N2O4/c1-2-13-6-3-4-9(13)10(15)12-8(5-7-14)11(16)17/h3-4,6,8,14H,2,5,7H2,1H3,(H,12,15)(H,16,17)/t8-/m0/s1. The average molecular weight is 240 g/mol. The summed E-state index contributed by atoms with van der Waals surface area (Å²) in [6.45, 7) is 2.23. The second kappa shape index (κ2) is 6.05. The topological polar surface area (TPSA) is 91.6 Å². The van der Waals surface area contributed by atoms with Gasteiger partial charge in [0.25, 0.3) is 5.91 Å². The van der Waals surface area contributed by atoms with E-state index in [2.05, 4.69) is 5.32 Å². The number of aromatic nitrogens is 1. The van der Waals surface area contributed by atoms with Gasteiger partial charge in [-0.1, -0.05) is 0 Å². The number of nitrogens with zero attached hydrogens (tertiary/aromatic N) is 1. The van der Waals surface area contributed by atoms with Crippen molar-refractivity contribution in [2.75, 3.05) is 6.61 Å². The van der Waals surface area contributed by atoms with Crippen LogP contribution in [0.1, 0.15) is 23.8 Å². The normalized spacial score (nSPS) is 12.1. The molecule has 1 rings (SSSR count). The van der Waals surface area contributed by atoms with E-state index in [-0.39, 0.29) is 13.0 Å². The predicted molar refractivity (Wildman–Crippen MR) is 60.7 cm³/mol. The van der Waals surface area contributed by atoms with Gasteiger partial charge in [0.1, 0.15) is 11.7 Å². The van der Waals surface area contributed by atoms with Crippen LogP contribution in [0.2, 0.25) is 0 Å². The third kappa shape index (κ3) is 3.32. The van der Waals surface area contributed by atoms with Crippen LogP contribution in [0.3, 0.4) is 0 Å². The first-order valence-electron chi connectivity index (χ1n) is 5.39. The van der Waals surface area contributed by atoms with Crippen molar-refractivity contribution in [3.63, 3.8) is 0 Å². The highest BCUT2D eigenvalue weighted by molar-refractivity contribution is 5.95. The summed E-state index contributed by atoms with van der Waals surface area (Å²) in [6.07, 6.45) is 1.74. The number of aryl methyl sites for hydroxylation is 1. The largest absolute Gasteiger partial charge is 0.480 e. The van der Waals surface area contributed by atoms with Gasteiger partial charge < -0.3 is 20.1 Å². The van der Waals surface area contributed by atoms with E-state index in [0.717, 1.165) is 0 Å². The van der Waals surface area contributed by atoms with Gasteiger partial charge in [-0.05, 0) is 19.1 Å². The third-order valence-corrected chi connectivity index (χ3v) is 2.42. The van der Waals surface area contributed by atoms with Gasteiger partial charge in [-0.2, -0.15) is 0 Å². The molecule has 6 heteroatoms. The van der Waals surface area contributed by atoms with Gasteiger partial charge >= 0.3 is 5.97 Å². The van der Waals surface area contributed by atoms with Crippen molar-refractivity contribution < 1.29 is 19.8 Å². The molecule has 0 aromatic carbocycles. The van der Waals surface area contributed by atoms with Crippen LogP contribution in [0.5, 0.6) is 0 Å². The highest BCUT2D eigenvalue weighted by Gasteiger charge is 2.21. The Bertz CT molecular complexity index is 400. The molecular weight excluding hydrogens is 224 g/mol. The van der Waals surface area contributed by atoms with E-state index in [1.165, 1.54) is 0 Å². The van der Waals surface area contributed by atoms with Gasteiger partial charge in [0, 0.05) is 25.8 Å². The minimum absolute atomic E-state index is 0.00604. The summed E-state index contributed by atoms with van der Waals surface area (Å²) in [6, 6.07) is 2.28. The van der Waals surface area contributed by atoms with Gasteiger partial charge in [0.2, 0.25) is 0 Å². The summed E-state index contributed by atoms with van der Waals surface area (Å²) < 4.78 is 1.72. The van der Waals surface area contributed by atoms with Crippen molar-refractivity contribution in [3.05, 3.63) is 24.0 Å². The van der Waals surface area contributed by atoms with Crippen molar-refractivity contribution >= 4 is 11.9 Å². The van der Waals surface area contributed by atoms with Crippen LogP contribution in [-0.2, 0) is 11.3 Å². The average Bonchev–Trinajstić information content (AvgIpc) is 2.76. The van der Waals surface area contributed by atoms with Crippen LogP contribution < -0.4 is 5.32 Å². The zero-order chi connectivity index (χ0) is 12.8. The number of aliphatic carboxylic acids is 1. The molecule has 0 saturated heterocycles. The molecular formula is C11H16N2O4. The Labute approximate surface area is 98.9 Å².